The highest BCUT2D eigenvalue weighted by Gasteiger charge is 2.25. The number of urea groups is 1. The van der Waals surface area contributed by atoms with Crippen LogP contribution in [-0.4, -0.2) is 34.2 Å². The van der Waals surface area contributed by atoms with Crippen molar-refractivity contribution in [2.24, 2.45) is 5.92 Å². The van der Waals surface area contributed by atoms with Crippen LogP contribution in [0.4, 0.5) is 10.6 Å². The molecule has 1 aliphatic rings. The molecule has 1 saturated heterocycles. The number of carbonyl (C=O) groups excluding carboxylic acids is 1. The molecule has 2 amide bonds. The van der Waals surface area contributed by atoms with Gasteiger partial charge in [-0.1, -0.05) is 41.9 Å². The van der Waals surface area contributed by atoms with Gasteiger partial charge in [0.1, 0.15) is 11.5 Å². The Morgan fingerprint density at radius 2 is 2.09 bits per heavy atom. The number of benzene rings is 1. The van der Waals surface area contributed by atoms with E-state index in [1.807, 2.05) is 56.0 Å². The van der Waals surface area contributed by atoms with Gasteiger partial charge in [0.15, 0.2) is 5.82 Å². The number of nitrogens with zero attached hydrogens (tertiary/aromatic N) is 3. The monoisotopic (exact) mass is 432 g/mol. The minimum absolute atomic E-state index is 0.145. The Hall–Kier alpha value is -3.61. The van der Waals surface area contributed by atoms with Gasteiger partial charge in [0.2, 0.25) is 5.88 Å². The van der Waals surface area contributed by atoms with E-state index in [0.717, 1.165) is 28.9 Å². The van der Waals surface area contributed by atoms with E-state index in [2.05, 4.69) is 34.5 Å². The molecule has 1 unspecified atom stereocenters. The van der Waals surface area contributed by atoms with Crippen molar-refractivity contribution in [1.82, 2.24) is 15.0 Å². The largest absolute Gasteiger partial charge is 0.439 e. The number of likely N-dealkylation sites (tertiary alicyclic amines) is 1. The van der Waals surface area contributed by atoms with E-state index >= 15 is 0 Å². The normalized spacial score (nSPS) is 17.4. The van der Waals surface area contributed by atoms with Crippen LogP contribution in [0, 0.1) is 26.7 Å². The van der Waals surface area contributed by atoms with Crippen LogP contribution in [0.15, 0.2) is 52.7 Å². The maximum absolute atomic E-state index is 12.7. The van der Waals surface area contributed by atoms with Crippen LogP contribution in [0.1, 0.15) is 35.8 Å². The fraction of sp³-hybridized carbons (Fsp3) is 0.320. The first-order valence-corrected chi connectivity index (χ1v) is 10.8. The molecule has 3 aromatic rings. The lowest BCUT2D eigenvalue weighted by atomic mass is 9.91. The summed E-state index contributed by atoms with van der Waals surface area (Å²) in [5.74, 6) is 2.77. The van der Waals surface area contributed by atoms with Crippen LogP contribution in [0.25, 0.3) is 6.08 Å². The first-order chi connectivity index (χ1) is 15.4. The van der Waals surface area contributed by atoms with Gasteiger partial charge < -0.3 is 14.2 Å². The number of pyridine rings is 1. The first-order valence-electron chi connectivity index (χ1n) is 10.8. The smallest absolute Gasteiger partial charge is 0.323 e. The average Bonchev–Trinajstić information content (AvgIpc) is 3.09. The van der Waals surface area contributed by atoms with Crippen molar-refractivity contribution < 1.29 is 14.1 Å². The molecule has 7 nitrogen and oxygen atoms in total. The van der Waals surface area contributed by atoms with E-state index in [4.69, 9.17) is 9.26 Å². The van der Waals surface area contributed by atoms with Crippen molar-refractivity contribution in [2.45, 2.75) is 34.1 Å². The molecule has 0 spiro atoms. The fourth-order valence-electron chi connectivity index (χ4n) is 3.68. The number of hydrogen-bond donors (Lipinski definition) is 1. The summed E-state index contributed by atoms with van der Waals surface area (Å²) in [6, 6.07) is 11.7. The summed E-state index contributed by atoms with van der Waals surface area (Å²) in [6.45, 7) is 9.16. The van der Waals surface area contributed by atoms with Gasteiger partial charge in [0.05, 0.1) is 0 Å². The molecule has 0 saturated carbocycles. The summed E-state index contributed by atoms with van der Waals surface area (Å²) in [4.78, 5) is 18.8. The van der Waals surface area contributed by atoms with Crippen LogP contribution < -0.4 is 10.1 Å². The van der Waals surface area contributed by atoms with Crippen molar-refractivity contribution in [2.75, 3.05) is 18.4 Å². The number of piperidine rings is 1. The Bertz CT molecular complexity index is 1130. The van der Waals surface area contributed by atoms with Gasteiger partial charge in [0, 0.05) is 30.9 Å². The third-order valence-corrected chi connectivity index (χ3v) is 5.78. The Kier molecular flexibility index (Phi) is 6.25. The van der Waals surface area contributed by atoms with Gasteiger partial charge in [-0.05, 0) is 56.4 Å². The summed E-state index contributed by atoms with van der Waals surface area (Å²) in [6.07, 6.45) is 4.80. The van der Waals surface area contributed by atoms with E-state index in [1.54, 1.807) is 6.20 Å². The first kappa shape index (κ1) is 21.6. The lowest BCUT2D eigenvalue weighted by molar-refractivity contribution is 0.197. The second-order valence-corrected chi connectivity index (χ2v) is 8.31. The Labute approximate surface area is 188 Å². The predicted molar refractivity (Wildman–Crippen MR) is 124 cm³/mol. The van der Waals surface area contributed by atoms with Crippen LogP contribution in [-0.2, 0) is 0 Å². The molecule has 32 heavy (non-hydrogen) atoms. The third-order valence-electron chi connectivity index (χ3n) is 5.78. The van der Waals surface area contributed by atoms with E-state index in [1.165, 1.54) is 5.57 Å². The molecule has 1 aliphatic heterocycles. The minimum atomic E-state index is -0.145. The topological polar surface area (TPSA) is 80.5 Å². The lowest BCUT2D eigenvalue weighted by Crippen LogP contribution is -2.42. The summed E-state index contributed by atoms with van der Waals surface area (Å²) in [7, 11) is 0. The van der Waals surface area contributed by atoms with Gasteiger partial charge in [0.25, 0.3) is 0 Å². The van der Waals surface area contributed by atoms with Crippen LogP contribution in [0.2, 0.25) is 0 Å². The summed E-state index contributed by atoms with van der Waals surface area (Å²) in [5, 5.41) is 6.78. The maximum Gasteiger partial charge on any atom is 0.323 e. The lowest BCUT2D eigenvalue weighted by Gasteiger charge is -2.33. The van der Waals surface area contributed by atoms with Crippen molar-refractivity contribution in [3.63, 3.8) is 0 Å². The van der Waals surface area contributed by atoms with E-state index < -0.39 is 0 Å². The number of ether oxygens (including phenoxy) is 1. The molecule has 0 bridgehead atoms. The molecular formula is C25H28N4O3. The molecular weight excluding hydrogens is 404 g/mol. The SMILES string of the molecule is Cc1ccc(Oc2cccc(/C=C3\CCN(C(=O)Nc4noc(C)c4C)CC3C)c2)nc1. The molecule has 1 atom stereocenters. The van der Waals surface area contributed by atoms with Gasteiger partial charge in [-0.3, -0.25) is 5.32 Å². The number of aryl methyl sites for hydroxylation is 2. The number of rotatable bonds is 4. The number of anilines is 1. The van der Waals surface area contributed by atoms with Gasteiger partial charge in [-0.2, -0.15) is 0 Å². The van der Waals surface area contributed by atoms with Crippen molar-refractivity contribution in [1.29, 1.82) is 0 Å². The summed E-state index contributed by atoms with van der Waals surface area (Å²) >= 11 is 0. The molecule has 1 fully saturated rings. The molecule has 7 heteroatoms. The highest BCUT2D eigenvalue weighted by molar-refractivity contribution is 5.89. The van der Waals surface area contributed by atoms with Gasteiger partial charge in [-0.15, -0.1) is 0 Å². The van der Waals surface area contributed by atoms with Gasteiger partial charge in [-0.25, -0.2) is 9.78 Å². The number of hydrogen-bond acceptors (Lipinski definition) is 5. The molecule has 1 N–H and O–H groups in total. The molecule has 4 rings (SSSR count). The Balaban J connectivity index is 1.40. The van der Waals surface area contributed by atoms with E-state index in [0.29, 0.717) is 30.5 Å². The number of aromatic nitrogens is 2. The van der Waals surface area contributed by atoms with E-state index in [9.17, 15) is 4.79 Å². The Morgan fingerprint density at radius 1 is 1.25 bits per heavy atom. The molecule has 0 aliphatic carbocycles. The summed E-state index contributed by atoms with van der Waals surface area (Å²) in [5.41, 5.74) is 4.33. The number of amides is 2. The molecule has 166 valence electrons. The van der Waals surface area contributed by atoms with Crippen LogP contribution in [0.5, 0.6) is 11.6 Å². The fourth-order valence-corrected chi connectivity index (χ4v) is 3.68. The predicted octanol–water partition coefficient (Wildman–Crippen LogP) is 5.74. The van der Waals surface area contributed by atoms with Crippen molar-refractivity contribution >= 4 is 17.9 Å². The molecule has 1 aromatic carbocycles. The second kappa shape index (κ2) is 9.26. The average molecular weight is 433 g/mol. The Morgan fingerprint density at radius 3 is 2.78 bits per heavy atom. The highest BCUT2D eigenvalue weighted by atomic mass is 16.5. The molecule has 2 aromatic heterocycles. The standard InChI is InChI=1S/C25H28N4O3/c1-16-8-9-23(26-14-16)31-22-7-5-6-20(13-22)12-21-10-11-29(15-17(21)2)25(30)27-24-18(3)19(4)32-28-24/h5-9,12-14,17H,10-11,15H2,1-4H3,(H,27,28,30)/b21-12+. The number of carbonyl (C=O) groups is 1. The number of nitrogens with one attached hydrogen (secondary N) is 1. The maximum atomic E-state index is 12.7. The molecule has 0 radical (unpaired) electrons. The third kappa shape index (κ3) is 4.99. The quantitative estimate of drug-likeness (QED) is 0.568. The van der Waals surface area contributed by atoms with Gasteiger partial charge >= 0.3 is 6.03 Å². The van der Waals surface area contributed by atoms with Crippen LogP contribution >= 0.6 is 0 Å². The second-order valence-electron chi connectivity index (χ2n) is 8.31. The van der Waals surface area contributed by atoms with E-state index in [-0.39, 0.29) is 11.9 Å². The van der Waals surface area contributed by atoms with Crippen LogP contribution in [0.3, 0.4) is 0 Å². The molecule has 3 heterocycles. The zero-order valence-electron chi connectivity index (χ0n) is 18.9. The summed E-state index contributed by atoms with van der Waals surface area (Å²) < 4.78 is 11.0. The minimum Gasteiger partial charge on any atom is -0.439 e. The van der Waals surface area contributed by atoms with Crippen molar-refractivity contribution in [3.05, 3.63) is 70.6 Å². The van der Waals surface area contributed by atoms with Crippen molar-refractivity contribution in [3.8, 4) is 11.6 Å². The zero-order valence-corrected chi connectivity index (χ0v) is 18.9. The zero-order chi connectivity index (χ0) is 22.7. The highest BCUT2D eigenvalue weighted by Crippen LogP contribution is 2.28.